The van der Waals surface area contributed by atoms with Gasteiger partial charge in [0, 0.05) is 18.3 Å². The van der Waals surface area contributed by atoms with Gasteiger partial charge in [-0.1, -0.05) is 18.2 Å². The van der Waals surface area contributed by atoms with Crippen molar-refractivity contribution in [1.82, 2.24) is 4.90 Å². The Morgan fingerprint density at radius 2 is 2.12 bits per heavy atom. The van der Waals surface area contributed by atoms with Crippen molar-refractivity contribution in [3.8, 4) is 0 Å². The SMILES string of the molecule is CC1CC(CO)(Nc2ccccc2)CCN1C. The number of rotatable bonds is 3. The molecule has 3 heteroatoms. The number of piperidine rings is 1. The Kier molecular flexibility index (Phi) is 3.69. The summed E-state index contributed by atoms with van der Waals surface area (Å²) in [5.74, 6) is 0. The number of aliphatic hydroxyl groups excluding tert-OH is 1. The predicted molar refractivity (Wildman–Crippen MR) is 71.2 cm³/mol. The largest absolute Gasteiger partial charge is 0.394 e. The second kappa shape index (κ2) is 5.07. The van der Waals surface area contributed by atoms with E-state index in [1.807, 2.05) is 18.2 Å². The highest BCUT2D eigenvalue weighted by molar-refractivity contribution is 5.45. The van der Waals surface area contributed by atoms with Crippen molar-refractivity contribution >= 4 is 5.69 Å². The Hall–Kier alpha value is -1.06. The lowest BCUT2D eigenvalue weighted by molar-refractivity contribution is 0.0969. The van der Waals surface area contributed by atoms with E-state index < -0.39 is 0 Å². The molecule has 17 heavy (non-hydrogen) atoms. The molecule has 1 aromatic carbocycles. The Morgan fingerprint density at radius 1 is 1.41 bits per heavy atom. The second-order valence-corrected chi connectivity index (χ2v) is 5.21. The molecule has 0 amide bonds. The number of aliphatic hydroxyl groups is 1. The Labute approximate surface area is 103 Å². The Bertz CT molecular complexity index is 354. The summed E-state index contributed by atoms with van der Waals surface area (Å²) in [6, 6.07) is 10.7. The molecule has 0 radical (unpaired) electrons. The van der Waals surface area contributed by atoms with E-state index in [1.54, 1.807) is 0 Å². The molecule has 0 aromatic heterocycles. The van der Waals surface area contributed by atoms with E-state index in [2.05, 4.69) is 36.3 Å². The summed E-state index contributed by atoms with van der Waals surface area (Å²) >= 11 is 0. The molecule has 3 nitrogen and oxygen atoms in total. The minimum absolute atomic E-state index is 0.159. The van der Waals surface area contributed by atoms with E-state index >= 15 is 0 Å². The highest BCUT2D eigenvalue weighted by Gasteiger charge is 2.36. The molecule has 0 saturated carbocycles. The second-order valence-electron chi connectivity index (χ2n) is 5.21. The van der Waals surface area contributed by atoms with Crippen LogP contribution in [-0.2, 0) is 0 Å². The highest BCUT2D eigenvalue weighted by Crippen LogP contribution is 2.29. The lowest BCUT2D eigenvalue weighted by atomic mass is 9.84. The van der Waals surface area contributed by atoms with Gasteiger partial charge in [0.05, 0.1) is 12.1 Å². The maximum absolute atomic E-state index is 9.73. The first-order chi connectivity index (χ1) is 8.15. The average Bonchev–Trinajstić information content (AvgIpc) is 2.35. The van der Waals surface area contributed by atoms with Crippen LogP contribution in [-0.4, -0.2) is 41.8 Å². The van der Waals surface area contributed by atoms with E-state index in [9.17, 15) is 5.11 Å². The van der Waals surface area contributed by atoms with Crippen molar-refractivity contribution in [3.05, 3.63) is 30.3 Å². The molecule has 2 rings (SSSR count). The van der Waals surface area contributed by atoms with Crippen LogP contribution in [0.2, 0.25) is 0 Å². The predicted octanol–water partition coefficient (Wildman–Crippen LogP) is 1.94. The lowest BCUT2D eigenvalue weighted by Crippen LogP contribution is -2.54. The topological polar surface area (TPSA) is 35.5 Å². The third-order valence-corrected chi connectivity index (χ3v) is 3.87. The van der Waals surface area contributed by atoms with Gasteiger partial charge in [-0.3, -0.25) is 0 Å². The number of benzene rings is 1. The highest BCUT2D eigenvalue weighted by atomic mass is 16.3. The molecule has 1 aromatic rings. The van der Waals surface area contributed by atoms with Crippen molar-refractivity contribution in [2.75, 3.05) is 25.5 Å². The van der Waals surface area contributed by atoms with Crippen LogP contribution < -0.4 is 5.32 Å². The smallest absolute Gasteiger partial charge is 0.0662 e. The zero-order valence-corrected chi connectivity index (χ0v) is 10.7. The molecule has 2 unspecified atom stereocenters. The molecule has 2 N–H and O–H groups in total. The molecular formula is C14H22N2O. The molecule has 1 fully saturated rings. The van der Waals surface area contributed by atoms with E-state index in [0.29, 0.717) is 6.04 Å². The van der Waals surface area contributed by atoms with Gasteiger partial charge in [0.2, 0.25) is 0 Å². The standard InChI is InChI=1S/C14H22N2O/c1-12-10-14(11-17,8-9-16(12)2)15-13-6-4-3-5-7-13/h3-7,12,15,17H,8-11H2,1-2H3. The molecule has 1 heterocycles. The van der Waals surface area contributed by atoms with Gasteiger partial charge in [-0.25, -0.2) is 0 Å². The molecule has 94 valence electrons. The van der Waals surface area contributed by atoms with Gasteiger partial charge in [0.25, 0.3) is 0 Å². The molecular weight excluding hydrogens is 212 g/mol. The van der Waals surface area contributed by atoms with Crippen molar-refractivity contribution in [2.45, 2.75) is 31.3 Å². The molecule has 0 bridgehead atoms. The number of likely N-dealkylation sites (tertiary alicyclic amines) is 1. The summed E-state index contributed by atoms with van der Waals surface area (Å²) in [5, 5.41) is 13.2. The first-order valence-corrected chi connectivity index (χ1v) is 6.29. The molecule has 2 atom stereocenters. The van der Waals surface area contributed by atoms with Gasteiger partial charge in [0.15, 0.2) is 0 Å². The van der Waals surface area contributed by atoms with E-state index in [4.69, 9.17) is 0 Å². The van der Waals surface area contributed by atoms with Crippen LogP contribution in [0, 0.1) is 0 Å². The van der Waals surface area contributed by atoms with E-state index in [1.165, 1.54) is 0 Å². The zero-order chi connectivity index (χ0) is 12.3. The number of anilines is 1. The van der Waals surface area contributed by atoms with Gasteiger partial charge >= 0.3 is 0 Å². The maximum Gasteiger partial charge on any atom is 0.0662 e. The van der Waals surface area contributed by atoms with Gasteiger partial charge in [-0.15, -0.1) is 0 Å². The molecule has 0 spiro atoms. The third-order valence-electron chi connectivity index (χ3n) is 3.87. The fourth-order valence-corrected chi connectivity index (χ4v) is 2.56. The minimum Gasteiger partial charge on any atom is -0.394 e. The van der Waals surface area contributed by atoms with Crippen molar-refractivity contribution in [3.63, 3.8) is 0 Å². The summed E-state index contributed by atoms with van der Waals surface area (Å²) in [6.45, 7) is 3.44. The van der Waals surface area contributed by atoms with Gasteiger partial charge in [0.1, 0.15) is 0 Å². The molecule has 1 saturated heterocycles. The summed E-state index contributed by atoms with van der Waals surface area (Å²) in [5.41, 5.74) is 0.936. The first kappa shape index (κ1) is 12.4. The van der Waals surface area contributed by atoms with Gasteiger partial charge in [-0.2, -0.15) is 0 Å². The van der Waals surface area contributed by atoms with Crippen LogP contribution in [0.3, 0.4) is 0 Å². The number of nitrogens with one attached hydrogen (secondary N) is 1. The van der Waals surface area contributed by atoms with E-state index in [-0.39, 0.29) is 12.1 Å². The van der Waals surface area contributed by atoms with Crippen LogP contribution in [0.25, 0.3) is 0 Å². The van der Waals surface area contributed by atoms with Crippen LogP contribution in [0.4, 0.5) is 5.69 Å². The Balaban J connectivity index is 2.10. The maximum atomic E-state index is 9.73. The summed E-state index contributed by atoms with van der Waals surface area (Å²) < 4.78 is 0. The average molecular weight is 234 g/mol. The quantitative estimate of drug-likeness (QED) is 0.839. The van der Waals surface area contributed by atoms with Crippen molar-refractivity contribution < 1.29 is 5.11 Å². The fraction of sp³-hybridized carbons (Fsp3) is 0.571. The third kappa shape index (κ3) is 2.79. The number of para-hydroxylation sites is 1. The van der Waals surface area contributed by atoms with Crippen molar-refractivity contribution in [1.29, 1.82) is 0 Å². The normalized spacial score (nSPS) is 30.2. The van der Waals surface area contributed by atoms with Gasteiger partial charge < -0.3 is 15.3 Å². The first-order valence-electron chi connectivity index (χ1n) is 6.29. The fourth-order valence-electron chi connectivity index (χ4n) is 2.56. The molecule has 1 aliphatic heterocycles. The Morgan fingerprint density at radius 3 is 2.71 bits per heavy atom. The number of hydrogen-bond donors (Lipinski definition) is 2. The number of nitrogens with zero attached hydrogens (tertiary/aromatic N) is 1. The molecule has 1 aliphatic rings. The monoisotopic (exact) mass is 234 g/mol. The summed E-state index contributed by atoms with van der Waals surface area (Å²) in [7, 11) is 2.15. The van der Waals surface area contributed by atoms with Crippen LogP contribution in [0.1, 0.15) is 19.8 Å². The van der Waals surface area contributed by atoms with Crippen LogP contribution >= 0.6 is 0 Å². The summed E-state index contributed by atoms with van der Waals surface area (Å²) in [6.07, 6.45) is 1.97. The molecule has 0 aliphatic carbocycles. The summed E-state index contributed by atoms with van der Waals surface area (Å²) in [4.78, 5) is 2.35. The van der Waals surface area contributed by atoms with Crippen LogP contribution in [0.5, 0.6) is 0 Å². The van der Waals surface area contributed by atoms with Crippen LogP contribution in [0.15, 0.2) is 30.3 Å². The minimum atomic E-state index is -0.159. The van der Waals surface area contributed by atoms with Crippen molar-refractivity contribution in [2.24, 2.45) is 0 Å². The zero-order valence-electron chi connectivity index (χ0n) is 10.7. The van der Waals surface area contributed by atoms with E-state index in [0.717, 1.165) is 25.1 Å². The number of hydrogen-bond acceptors (Lipinski definition) is 3. The lowest BCUT2D eigenvalue weighted by Gasteiger charge is -2.44. The van der Waals surface area contributed by atoms with Gasteiger partial charge in [-0.05, 0) is 38.9 Å².